The Morgan fingerprint density at radius 1 is 1.23 bits per heavy atom. The molecule has 0 bridgehead atoms. The van der Waals surface area contributed by atoms with Crippen LogP contribution in [0.5, 0.6) is 0 Å². The van der Waals surface area contributed by atoms with Crippen LogP contribution in [0.15, 0.2) is 46.8 Å². The summed E-state index contributed by atoms with van der Waals surface area (Å²) in [7, 11) is -3.68. The van der Waals surface area contributed by atoms with Crippen molar-refractivity contribution < 1.29 is 18.0 Å². The number of hydrogen-bond donors (Lipinski definition) is 4. The highest BCUT2D eigenvalue weighted by Gasteiger charge is 2.30. The van der Waals surface area contributed by atoms with Crippen LogP contribution < -0.4 is 21.7 Å². The maximum Gasteiger partial charge on any atom is 0.323 e. The number of piperidine rings is 1. The van der Waals surface area contributed by atoms with Crippen LogP contribution in [-0.2, 0) is 14.8 Å². The lowest BCUT2D eigenvalue weighted by Crippen LogP contribution is -2.48. The summed E-state index contributed by atoms with van der Waals surface area (Å²) < 4.78 is 27.0. The number of hydrogen-bond acceptors (Lipinski definition) is 5. The Balaban J connectivity index is 1.56. The van der Waals surface area contributed by atoms with Crippen molar-refractivity contribution in [2.45, 2.75) is 17.7 Å². The van der Waals surface area contributed by atoms with Crippen LogP contribution in [0, 0.1) is 5.92 Å². The summed E-state index contributed by atoms with van der Waals surface area (Å²) in [6, 6.07) is 3.63. The van der Waals surface area contributed by atoms with E-state index in [2.05, 4.69) is 22.5 Å². The van der Waals surface area contributed by atoms with Crippen LogP contribution in [0.25, 0.3) is 0 Å². The molecule has 3 amide bonds. The first-order valence-electron chi connectivity index (χ1n) is 9.10. The maximum absolute atomic E-state index is 12.8. The van der Waals surface area contributed by atoms with E-state index >= 15 is 0 Å². The third-order valence-corrected chi connectivity index (χ3v) is 7.61. The topological polar surface area (TPSA) is 134 Å². The van der Waals surface area contributed by atoms with Crippen LogP contribution in [0.4, 0.5) is 4.79 Å². The second-order valence-electron chi connectivity index (χ2n) is 6.98. The molecule has 162 valence electrons. The minimum atomic E-state index is -3.68. The summed E-state index contributed by atoms with van der Waals surface area (Å²) in [5, 5.41) is 7.93. The Morgan fingerprint density at radius 2 is 1.90 bits per heavy atom. The van der Waals surface area contributed by atoms with E-state index in [1.54, 1.807) is 0 Å². The second kappa shape index (κ2) is 8.84. The predicted molar refractivity (Wildman–Crippen MR) is 113 cm³/mol. The Kier molecular flexibility index (Phi) is 6.61. The van der Waals surface area contributed by atoms with Gasteiger partial charge in [-0.15, -0.1) is 0 Å². The number of sulfonamides is 1. The molecule has 0 spiro atoms. The summed E-state index contributed by atoms with van der Waals surface area (Å²) in [4.78, 5) is 23.9. The monoisotopic (exact) mass is 473 g/mol. The van der Waals surface area contributed by atoms with Crippen molar-refractivity contribution in [2.24, 2.45) is 11.7 Å². The van der Waals surface area contributed by atoms with E-state index in [1.807, 2.05) is 0 Å². The van der Waals surface area contributed by atoms with E-state index in [0.717, 1.165) is 0 Å². The highest BCUT2D eigenvalue weighted by Crippen LogP contribution is 2.28. The van der Waals surface area contributed by atoms with E-state index in [4.69, 9.17) is 28.9 Å². The van der Waals surface area contributed by atoms with E-state index in [9.17, 15) is 18.0 Å². The molecule has 0 atom stereocenters. The third-order valence-electron chi connectivity index (χ3n) is 4.98. The molecule has 0 saturated carbocycles. The molecule has 5 N–H and O–H groups in total. The maximum atomic E-state index is 12.8. The molecule has 9 nitrogen and oxygen atoms in total. The van der Waals surface area contributed by atoms with Crippen LogP contribution in [0.3, 0.4) is 0 Å². The van der Waals surface area contributed by atoms with Gasteiger partial charge < -0.3 is 21.7 Å². The highest BCUT2D eigenvalue weighted by molar-refractivity contribution is 7.89. The molecule has 1 fully saturated rings. The van der Waals surface area contributed by atoms with Gasteiger partial charge in [0, 0.05) is 19.6 Å². The zero-order valence-corrected chi connectivity index (χ0v) is 18.2. The molecule has 2 aliphatic heterocycles. The van der Waals surface area contributed by atoms with Crippen LogP contribution in [-0.4, -0.2) is 44.3 Å². The summed E-state index contributed by atoms with van der Waals surface area (Å²) in [6.07, 6.45) is 1.13. The molecular weight excluding hydrogens is 453 g/mol. The van der Waals surface area contributed by atoms with Gasteiger partial charge >= 0.3 is 6.03 Å². The van der Waals surface area contributed by atoms with Crippen LogP contribution in [0.1, 0.15) is 12.8 Å². The molecule has 2 aliphatic rings. The third kappa shape index (κ3) is 4.72. The average molecular weight is 474 g/mol. The lowest BCUT2D eigenvalue weighted by molar-refractivity contribution is -0.118. The predicted octanol–water partition coefficient (Wildman–Crippen LogP) is 1.51. The molecule has 1 aromatic carbocycles. The molecule has 12 heteroatoms. The Labute approximate surface area is 184 Å². The number of benzene rings is 1. The largest absolute Gasteiger partial charge is 0.395 e. The van der Waals surface area contributed by atoms with Gasteiger partial charge in [-0.25, -0.2) is 13.2 Å². The number of urea groups is 1. The van der Waals surface area contributed by atoms with E-state index in [0.29, 0.717) is 32.5 Å². The molecule has 0 aromatic heterocycles. The summed E-state index contributed by atoms with van der Waals surface area (Å²) in [6.45, 7) is 4.53. The van der Waals surface area contributed by atoms with Crippen molar-refractivity contribution in [1.82, 2.24) is 20.3 Å². The standard InChI is InChI=1S/C18H21Cl2N5O4S/c1-10-15(21)16(24-18(27)23-10)17(26)22-9-11-4-6-25(7-5-11)30(28,29)12-2-3-13(19)14(20)8-12/h2-3,8,11H,1,4-7,9,21H2,(H,22,26)(H2,23,24,27). The number of halogens is 2. The number of carbonyl (C=O) groups excluding carboxylic acids is 2. The molecule has 0 aliphatic carbocycles. The molecule has 0 radical (unpaired) electrons. The van der Waals surface area contributed by atoms with Crippen molar-refractivity contribution in [2.75, 3.05) is 19.6 Å². The molecule has 2 heterocycles. The van der Waals surface area contributed by atoms with E-state index in [1.165, 1.54) is 22.5 Å². The minimum Gasteiger partial charge on any atom is -0.395 e. The number of carbonyl (C=O) groups is 2. The summed E-state index contributed by atoms with van der Waals surface area (Å²) in [5.41, 5.74) is 5.96. The Morgan fingerprint density at radius 3 is 2.53 bits per heavy atom. The smallest absolute Gasteiger partial charge is 0.323 e. The van der Waals surface area contributed by atoms with Crippen molar-refractivity contribution in [3.63, 3.8) is 0 Å². The zero-order valence-electron chi connectivity index (χ0n) is 15.9. The van der Waals surface area contributed by atoms with Gasteiger partial charge in [0.05, 0.1) is 26.3 Å². The second-order valence-corrected chi connectivity index (χ2v) is 9.73. The first-order valence-corrected chi connectivity index (χ1v) is 11.3. The lowest BCUT2D eigenvalue weighted by Gasteiger charge is -2.31. The minimum absolute atomic E-state index is 0.0524. The number of rotatable bonds is 5. The van der Waals surface area contributed by atoms with Gasteiger partial charge in [-0.1, -0.05) is 29.8 Å². The Hall–Kier alpha value is -2.27. The quantitative estimate of drug-likeness (QED) is 0.514. The normalized spacial score (nSPS) is 18.7. The van der Waals surface area contributed by atoms with Gasteiger partial charge in [-0.2, -0.15) is 4.31 Å². The van der Waals surface area contributed by atoms with Gasteiger partial charge in [0.1, 0.15) is 5.70 Å². The van der Waals surface area contributed by atoms with Crippen molar-refractivity contribution in [3.8, 4) is 0 Å². The van der Waals surface area contributed by atoms with E-state index in [-0.39, 0.29) is 37.9 Å². The lowest BCUT2D eigenvalue weighted by atomic mass is 9.98. The molecule has 1 saturated heterocycles. The van der Waals surface area contributed by atoms with Crippen molar-refractivity contribution in [1.29, 1.82) is 0 Å². The first kappa shape index (κ1) is 22.4. The van der Waals surface area contributed by atoms with Crippen molar-refractivity contribution in [3.05, 3.63) is 51.9 Å². The molecule has 1 aromatic rings. The summed E-state index contributed by atoms with van der Waals surface area (Å²) >= 11 is 11.8. The van der Waals surface area contributed by atoms with E-state index < -0.39 is 22.0 Å². The molecular formula is C18H21Cl2N5O4S. The van der Waals surface area contributed by atoms with Gasteiger partial charge in [-0.3, -0.25) is 4.79 Å². The van der Waals surface area contributed by atoms with Gasteiger partial charge in [0.15, 0.2) is 0 Å². The van der Waals surface area contributed by atoms with Gasteiger partial charge in [-0.05, 0) is 37.0 Å². The number of nitrogens with two attached hydrogens (primary N) is 1. The average Bonchev–Trinajstić information content (AvgIpc) is 2.71. The van der Waals surface area contributed by atoms with Crippen LogP contribution >= 0.6 is 23.2 Å². The zero-order chi connectivity index (χ0) is 22.1. The fourth-order valence-corrected chi connectivity index (χ4v) is 5.07. The molecule has 30 heavy (non-hydrogen) atoms. The summed E-state index contributed by atoms with van der Waals surface area (Å²) in [5.74, 6) is -0.439. The van der Waals surface area contributed by atoms with Gasteiger partial charge in [0.25, 0.3) is 5.91 Å². The Bertz CT molecular complexity index is 1030. The fraction of sp³-hybridized carbons (Fsp3) is 0.333. The first-order chi connectivity index (χ1) is 14.1. The number of nitrogens with zero attached hydrogens (tertiary/aromatic N) is 1. The SMILES string of the molecule is C=C1NC(=O)NC(C(=O)NCC2CCN(S(=O)(=O)c3ccc(Cl)c(Cl)c3)CC2)=C1N. The molecule has 3 rings (SSSR count). The highest BCUT2D eigenvalue weighted by atomic mass is 35.5. The van der Waals surface area contributed by atoms with Crippen molar-refractivity contribution >= 4 is 45.2 Å². The van der Waals surface area contributed by atoms with Gasteiger partial charge in [0.2, 0.25) is 10.0 Å². The van der Waals surface area contributed by atoms with Crippen LogP contribution in [0.2, 0.25) is 10.0 Å². The molecule has 0 unspecified atom stereocenters. The number of nitrogens with one attached hydrogen (secondary N) is 3. The number of amides is 3. The fourth-order valence-electron chi connectivity index (χ4n) is 3.21.